The highest BCUT2D eigenvalue weighted by atomic mass is 35.5. The average Bonchev–Trinajstić information content (AvgIpc) is 2.54. The van der Waals surface area contributed by atoms with Gasteiger partial charge in [-0.15, -0.1) is 0 Å². The van der Waals surface area contributed by atoms with Crippen LogP contribution in [-0.4, -0.2) is 15.0 Å². The number of anilines is 1. The molecule has 0 radical (unpaired) electrons. The predicted octanol–water partition coefficient (Wildman–Crippen LogP) is 3.80. The van der Waals surface area contributed by atoms with E-state index in [0.717, 1.165) is 16.8 Å². The van der Waals surface area contributed by atoms with Crippen molar-refractivity contribution in [2.45, 2.75) is 6.54 Å². The van der Waals surface area contributed by atoms with Crippen molar-refractivity contribution in [3.05, 3.63) is 71.8 Å². The number of hydrogen-bond donors (Lipinski definition) is 1. The van der Waals surface area contributed by atoms with Crippen molar-refractivity contribution in [2.75, 3.05) is 5.32 Å². The highest BCUT2D eigenvalue weighted by Gasteiger charge is 2.05. The molecule has 104 valence electrons. The largest absolute Gasteiger partial charge is 0.366 e. The van der Waals surface area contributed by atoms with Gasteiger partial charge < -0.3 is 5.32 Å². The molecule has 0 saturated heterocycles. The lowest BCUT2D eigenvalue weighted by molar-refractivity contribution is 1.07. The molecule has 0 bridgehead atoms. The molecule has 0 unspecified atom stereocenters. The van der Waals surface area contributed by atoms with Gasteiger partial charge in [0, 0.05) is 30.6 Å². The zero-order chi connectivity index (χ0) is 14.5. The second kappa shape index (κ2) is 6.33. The number of rotatable bonds is 4. The molecule has 0 spiro atoms. The van der Waals surface area contributed by atoms with Crippen LogP contribution in [0, 0.1) is 0 Å². The molecule has 0 amide bonds. The first-order valence-corrected chi connectivity index (χ1v) is 6.92. The van der Waals surface area contributed by atoms with Crippen LogP contribution in [0.4, 0.5) is 5.82 Å². The summed E-state index contributed by atoms with van der Waals surface area (Å²) >= 11 is 6.01. The molecule has 0 aliphatic heterocycles. The number of pyridine rings is 1. The molecule has 21 heavy (non-hydrogen) atoms. The Bertz CT molecular complexity index is 717. The highest BCUT2D eigenvalue weighted by molar-refractivity contribution is 6.28. The van der Waals surface area contributed by atoms with Crippen LogP contribution < -0.4 is 5.32 Å². The number of benzene rings is 1. The highest BCUT2D eigenvalue weighted by Crippen LogP contribution is 2.21. The maximum Gasteiger partial charge on any atom is 0.224 e. The molecule has 2 heterocycles. The van der Waals surface area contributed by atoms with E-state index in [1.807, 2.05) is 48.5 Å². The van der Waals surface area contributed by atoms with Gasteiger partial charge in [0.2, 0.25) is 5.28 Å². The van der Waals surface area contributed by atoms with Crippen LogP contribution in [0.5, 0.6) is 0 Å². The van der Waals surface area contributed by atoms with Crippen LogP contribution >= 0.6 is 11.6 Å². The van der Waals surface area contributed by atoms with Gasteiger partial charge in [-0.25, -0.2) is 9.97 Å². The topological polar surface area (TPSA) is 50.7 Å². The van der Waals surface area contributed by atoms with Crippen molar-refractivity contribution in [3.63, 3.8) is 0 Å². The van der Waals surface area contributed by atoms with Gasteiger partial charge in [-0.2, -0.15) is 0 Å². The first kappa shape index (κ1) is 13.5. The van der Waals surface area contributed by atoms with Crippen molar-refractivity contribution in [2.24, 2.45) is 0 Å². The molecule has 1 N–H and O–H groups in total. The Kier molecular flexibility index (Phi) is 4.07. The first-order valence-electron chi connectivity index (χ1n) is 6.54. The van der Waals surface area contributed by atoms with E-state index >= 15 is 0 Å². The molecule has 3 aromatic rings. The molecule has 0 aliphatic rings. The molecule has 0 saturated carbocycles. The summed E-state index contributed by atoms with van der Waals surface area (Å²) in [6.07, 6.45) is 3.53. The van der Waals surface area contributed by atoms with Crippen molar-refractivity contribution >= 4 is 17.4 Å². The molecule has 2 aromatic heterocycles. The summed E-state index contributed by atoms with van der Waals surface area (Å²) in [5, 5.41) is 3.48. The molecule has 4 nitrogen and oxygen atoms in total. The smallest absolute Gasteiger partial charge is 0.224 e. The lowest BCUT2D eigenvalue weighted by atomic mass is 10.1. The van der Waals surface area contributed by atoms with Crippen LogP contribution in [0.2, 0.25) is 5.28 Å². The van der Waals surface area contributed by atoms with E-state index in [4.69, 9.17) is 11.6 Å². The fourth-order valence-corrected chi connectivity index (χ4v) is 2.14. The van der Waals surface area contributed by atoms with Gasteiger partial charge in [-0.05, 0) is 29.3 Å². The van der Waals surface area contributed by atoms with E-state index in [0.29, 0.717) is 12.4 Å². The Morgan fingerprint density at radius 1 is 0.952 bits per heavy atom. The maximum atomic E-state index is 6.01. The number of nitrogens with one attached hydrogen (secondary N) is 1. The zero-order valence-electron chi connectivity index (χ0n) is 11.2. The Hall–Kier alpha value is -2.46. The van der Waals surface area contributed by atoms with E-state index in [-0.39, 0.29) is 5.28 Å². The van der Waals surface area contributed by atoms with E-state index in [1.54, 1.807) is 12.4 Å². The molecular formula is C16H13ClN4. The fraction of sp³-hybridized carbons (Fsp3) is 0.0625. The van der Waals surface area contributed by atoms with Crippen LogP contribution in [0.1, 0.15) is 5.56 Å². The van der Waals surface area contributed by atoms with Crippen LogP contribution in [0.25, 0.3) is 11.3 Å². The Labute approximate surface area is 127 Å². The first-order chi connectivity index (χ1) is 10.3. The summed E-state index contributed by atoms with van der Waals surface area (Å²) in [5.41, 5.74) is 2.93. The van der Waals surface area contributed by atoms with Crippen molar-refractivity contribution in [1.82, 2.24) is 15.0 Å². The average molecular weight is 297 g/mol. The summed E-state index contributed by atoms with van der Waals surface area (Å²) in [6.45, 7) is 0.657. The minimum absolute atomic E-state index is 0.230. The Morgan fingerprint density at radius 2 is 1.71 bits per heavy atom. The lowest BCUT2D eigenvalue weighted by Gasteiger charge is -2.08. The van der Waals surface area contributed by atoms with E-state index in [2.05, 4.69) is 20.3 Å². The minimum atomic E-state index is 0.230. The van der Waals surface area contributed by atoms with Crippen LogP contribution in [-0.2, 0) is 6.54 Å². The number of hydrogen-bond acceptors (Lipinski definition) is 4. The molecular weight excluding hydrogens is 284 g/mol. The van der Waals surface area contributed by atoms with Crippen LogP contribution in [0.15, 0.2) is 60.9 Å². The standard InChI is InChI=1S/C16H13ClN4/c17-16-20-14(13-4-2-1-3-5-13)10-15(21-16)19-11-12-6-8-18-9-7-12/h1-10H,11H2,(H,19,20,21). The van der Waals surface area contributed by atoms with E-state index in [9.17, 15) is 0 Å². The predicted molar refractivity (Wildman–Crippen MR) is 84.0 cm³/mol. The van der Waals surface area contributed by atoms with Gasteiger partial charge >= 0.3 is 0 Å². The van der Waals surface area contributed by atoms with Gasteiger partial charge in [-0.1, -0.05) is 30.3 Å². The Balaban J connectivity index is 1.82. The molecule has 1 aromatic carbocycles. The number of halogens is 1. The third-order valence-corrected chi connectivity index (χ3v) is 3.16. The number of aromatic nitrogens is 3. The molecule has 0 atom stereocenters. The minimum Gasteiger partial charge on any atom is -0.366 e. The van der Waals surface area contributed by atoms with Gasteiger partial charge in [0.25, 0.3) is 0 Å². The zero-order valence-corrected chi connectivity index (χ0v) is 12.0. The molecule has 3 rings (SSSR count). The van der Waals surface area contributed by atoms with Crippen molar-refractivity contribution < 1.29 is 0 Å². The summed E-state index contributed by atoms with van der Waals surface area (Å²) in [6, 6.07) is 15.7. The third-order valence-electron chi connectivity index (χ3n) is 2.99. The monoisotopic (exact) mass is 296 g/mol. The van der Waals surface area contributed by atoms with Gasteiger partial charge in [0.05, 0.1) is 5.69 Å². The summed E-state index contributed by atoms with van der Waals surface area (Å²) in [4.78, 5) is 12.5. The molecule has 0 aliphatic carbocycles. The number of nitrogens with zero attached hydrogens (tertiary/aromatic N) is 3. The summed E-state index contributed by atoms with van der Waals surface area (Å²) < 4.78 is 0. The van der Waals surface area contributed by atoms with E-state index < -0.39 is 0 Å². The van der Waals surface area contributed by atoms with E-state index in [1.165, 1.54) is 0 Å². The van der Waals surface area contributed by atoms with Crippen LogP contribution in [0.3, 0.4) is 0 Å². The van der Waals surface area contributed by atoms with Gasteiger partial charge in [0.15, 0.2) is 0 Å². The van der Waals surface area contributed by atoms with Gasteiger partial charge in [0.1, 0.15) is 5.82 Å². The van der Waals surface area contributed by atoms with Crippen molar-refractivity contribution in [1.29, 1.82) is 0 Å². The van der Waals surface area contributed by atoms with Gasteiger partial charge in [-0.3, -0.25) is 4.98 Å². The Morgan fingerprint density at radius 3 is 2.48 bits per heavy atom. The second-order valence-electron chi connectivity index (χ2n) is 4.48. The SMILES string of the molecule is Clc1nc(NCc2ccncc2)cc(-c2ccccc2)n1. The summed E-state index contributed by atoms with van der Waals surface area (Å²) in [7, 11) is 0. The van der Waals surface area contributed by atoms with Crippen molar-refractivity contribution in [3.8, 4) is 11.3 Å². The normalized spacial score (nSPS) is 10.3. The molecule has 5 heteroatoms. The molecule has 0 fully saturated rings. The quantitative estimate of drug-likeness (QED) is 0.744. The maximum absolute atomic E-state index is 6.01. The second-order valence-corrected chi connectivity index (χ2v) is 4.82. The summed E-state index contributed by atoms with van der Waals surface area (Å²) in [5.74, 6) is 0.700. The fourth-order valence-electron chi connectivity index (χ4n) is 1.96. The lowest BCUT2D eigenvalue weighted by Crippen LogP contribution is -2.02. The third kappa shape index (κ3) is 3.55.